The van der Waals surface area contributed by atoms with Crippen molar-refractivity contribution in [3.63, 3.8) is 0 Å². The zero-order valence-corrected chi connectivity index (χ0v) is 9.50. The number of hydroxylamine groups is 2. The van der Waals surface area contributed by atoms with Gasteiger partial charge in [0.05, 0.1) is 12.7 Å². The highest BCUT2D eigenvalue weighted by atomic mass is 32.2. The van der Waals surface area contributed by atoms with Crippen molar-refractivity contribution in [2.45, 2.75) is 10.8 Å². The lowest BCUT2D eigenvalue weighted by molar-refractivity contribution is -0.0759. The van der Waals surface area contributed by atoms with Gasteiger partial charge in [0.15, 0.2) is 0 Å². The van der Waals surface area contributed by atoms with Gasteiger partial charge in [0, 0.05) is 13.2 Å². The highest BCUT2D eigenvalue weighted by Crippen LogP contribution is 2.26. The molecule has 0 spiro atoms. The van der Waals surface area contributed by atoms with Crippen LogP contribution in [0.15, 0.2) is 23.4 Å². The van der Waals surface area contributed by atoms with E-state index in [0.717, 1.165) is 5.06 Å². The molecule has 0 aliphatic carbocycles. The van der Waals surface area contributed by atoms with Crippen LogP contribution in [0.2, 0.25) is 0 Å². The Kier molecular flexibility index (Phi) is 4.63. The van der Waals surface area contributed by atoms with Crippen LogP contribution in [0.4, 0.5) is 8.78 Å². The predicted molar refractivity (Wildman–Crippen MR) is 55.2 cm³/mol. The Labute approximate surface area is 95.6 Å². The van der Waals surface area contributed by atoms with Gasteiger partial charge in [0.2, 0.25) is 0 Å². The monoisotopic (exact) mass is 248 g/mol. The van der Waals surface area contributed by atoms with E-state index in [1.807, 2.05) is 0 Å². The van der Waals surface area contributed by atoms with Crippen LogP contribution in [0.25, 0.3) is 0 Å². The third-order valence-corrected chi connectivity index (χ3v) is 2.49. The van der Waals surface area contributed by atoms with Gasteiger partial charge in [0.25, 0.3) is 11.7 Å². The first-order chi connectivity index (χ1) is 7.56. The first-order valence-electron chi connectivity index (χ1n) is 4.28. The van der Waals surface area contributed by atoms with Gasteiger partial charge < -0.3 is 0 Å². The molecule has 0 fully saturated rings. The van der Waals surface area contributed by atoms with E-state index >= 15 is 0 Å². The van der Waals surface area contributed by atoms with Crippen LogP contribution < -0.4 is 0 Å². The smallest absolute Gasteiger partial charge is 0.274 e. The number of pyridine rings is 1. The average molecular weight is 248 g/mol. The molecule has 0 saturated heterocycles. The number of rotatable bonds is 4. The highest BCUT2D eigenvalue weighted by Gasteiger charge is 2.19. The Morgan fingerprint density at radius 2 is 2.31 bits per heavy atom. The molecule has 0 radical (unpaired) electrons. The number of hydrogen-bond donors (Lipinski definition) is 0. The number of halogens is 2. The molecule has 1 heterocycles. The minimum Gasteiger partial charge on any atom is -0.274 e. The molecule has 1 amide bonds. The summed E-state index contributed by atoms with van der Waals surface area (Å²) in [6, 6.07) is 2.93. The molecule has 88 valence electrons. The minimum atomic E-state index is -2.62. The highest BCUT2D eigenvalue weighted by molar-refractivity contribution is 7.99. The second-order valence-electron chi connectivity index (χ2n) is 2.72. The summed E-state index contributed by atoms with van der Waals surface area (Å²) in [5.41, 5.74) is 0.0946. The van der Waals surface area contributed by atoms with Crippen LogP contribution in [0.3, 0.4) is 0 Å². The first-order valence-corrected chi connectivity index (χ1v) is 5.16. The van der Waals surface area contributed by atoms with Gasteiger partial charge in [-0.2, -0.15) is 8.78 Å². The van der Waals surface area contributed by atoms with Crippen molar-refractivity contribution in [2.75, 3.05) is 14.2 Å². The fourth-order valence-corrected chi connectivity index (χ4v) is 1.56. The molecule has 0 bridgehead atoms. The number of nitrogens with zero attached hydrogens (tertiary/aromatic N) is 2. The molecule has 0 atom stereocenters. The van der Waals surface area contributed by atoms with Gasteiger partial charge in [-0.1, -0.05) is 0 Å². The summed E-state index contributed by atoms with van der Waals surface area (Å²) in [5, 5.41) is 0.943. The summed E-state index contributed by atoms with van der Waals surface area (Å²) in [5.74, 6) is -3.13. The molecule has 0 aliphatic rings. The second-order valence-corrected chi connectivity index (χ2v) is 3.70. The van der Waals surface area contributed by atoms with E-state index in [1.54, 1.807) is 0 Å². The summed E-state index contributed by atoms with van der Waals surface area (Å²) >= 11 is 0.234. The van der Waals surface area contributed by atoms with Crippen LogP contribution in [-0.4, -0.2) is 35.9 Å². The van der Waals surface area contributed by atoms with Gasteiger partial charge in [0.1, 0.15) is 5.03 Å². The maximum Gasteiger partial charge on any atom is 0.290 e. The molecule has 1 aromatic rings. The number of carbonyl (C=O) groups excluding carboxylic acids is 1. The van der Waals surface area contributed by atoms with Crippen LogP contribution in [-0.2, 0) is 4.84 Å². The lowest BCUT2D eigenvalue weighted by atomic mass is 10.3. The lowest BCUT2D eigenvalue weighted by Crippen LogP contribution is -2.26. The SMILES string of the molecule is CON(C)C(=O)c1cccnc1SC(F)F. The maximum atomic E-state index is 12.2. The Morgan fingerprint density at radius 3 is 2.88 bits per heavy atom. The summed E-state index contributed by atoms with van der Waals surface area (Å²) in [6.07, 6.45) is 1.36. The normalized spacial score (nSPS) is 10.6. The molecule has 0 aliphatic heterocycles. The van der Waals surface area contributed by atoms with Crippen LogP contribution in [0.1, 0.15) is 10.4 Å². The van der Waals surface area contributed by atoms with Crippen molar-refractivity contribution in [3.8, 4) is 0 Å². The minimum absolute atomic E-state index is 0.00796. The Hall–Kier alpha value is -1.21. The quantitative estimate of drug-likeness (QED) is 0.604. The molecule has 0 saturated carbocycles. The standard InChI is InChI=1S/C9H10F2N2O2S/c1-13(15-2)8(14)6-4-3-5-12-7(6)16-9(10)11/h3-5,9H,1-2H3. The zero-order valence-electron chi connectivity index (χ0n) is 8.68. The molecule has 0 N–H and O–H groups in total. The second kappa shape index (κ2) is 5.76. The molecule has 1 aromatic heterocycles. The van der Waals surface area contributed by atoms with Crippen molar-refractivity contribution in [1.29, 1.82) is 0 Å². The first kappa shape index (κ1) is 12.9. The molecule has 0 unspecified atom stereocenters. The molecule has 1 rings (SSSR count). The fraction of sp³-hybridized carbons (Fsp3) is 0.333. The van der Waals surface area contributed by atoms with Crippen LogP contribution >= 0.6 is 11.8 Å². The van der Waals surface area contributed by atoms with E-state index in [2.05, 4.69) is 9.82 Å². The number of carbonyl (C=O) groups is 1. The van der Waals surface area contributed by atoms with Crippen LogP contribution in [0, 0.1) is 0 Å². The summed E-state index contributed by atoms with van der Waals surface area (Å²) in [4.78, 5) is 20.1. The molecule has 16 heavy (non-hydrogen) atoms. The Morgan fingerprint density at radius 1 is 1.62 bits per heavy atom. The number of aromatic nitrogens is 1. The summed E-state index contributed by atoms with van der Waals surface area (Å²) in [7, 11) is 2.71. The van der Waals surface area contributed by atoms with E-state index in [9.17, 15) is 13.6 Å². The van der Waals surface area contributed by atoms with Gasteiger partial charge in [-0.05, 0) is 23.9 Å². The number of alkyl halides is 2. The number of thioether (sulfide) groups is 1. The van der Waals surface area contributed by atoms with E-state index in [4.69, 9.17) is 0 Å². The summed E-state index contributed by atoms with van der Waals surface area (Å²) in [6.45, 7) is 0. The Bertz CT molecular complexity index is 376. The van der Waals surface area contributed by atoms with Gasteiger partial charge in [-0.3, -0.25) is 9.63 Å². The molecular weight excluding hydrogens is 238 g/mol. The largest absolute Gasteiger partial charge is 0.290 e. The van der Waals surface area contributed by atoms with Gasteiger partial charge in [-0.25, -0.2) is 10.0 Å². The van der Waals surface area contributed by atoms with E-state index in [0.29, 0.717) is 0 Å². The van der Waals surface area contributed by atoms with E-state index < -0.39 is 11.7 Å². The number of amides is 1. The predicted octanol–water partition coefficient (Wildman–Crippen LogP) is 2.03. The van der Waals surface area contributed by atoms with E-state index in [1.165, 1.54) is 32.5 Å². The third-order valence-electron chi connectivity index (χ3n) is 1.76. The van der Waals surface area contributed by atoms with E-state index in [-0.39, 0.29) is 22.4 Å². The zero-order chi connectivity index (χ0) is 12.1. The topological polar surface area (TPSA) is 42.4 Å². The average Bonchev–Trinajstić information content (AvgIpc) is 2.27. The number of hydrogen-bond acceptors (Lipinski definition) is 4. The van der Waals surface area contributed by atoms with Crippen molar-refractivity contribution in [3.05, 3.63) is 23.9 Å². The Balaban J connectivity index is 2.98. The van der Waals surface area contributed by atoms with Crippen molar-refractivity contribution in [1.82, 2.24) is 10.0 Å². The maximum absolute atomic E-state index is 12.2. The molecule has 4 nitrogen and oxygen atoms in total. The third kappa shape index (κ3) is 3.14. The van der Waals surface area contributed by atoms with Crippen LogP contribution in [0.5, 0.6) is 0 Å². The van der Waals surface area contributed by atoms with Crippen molar-refractivity contribution >= 4 is 17.7 Å². The summed E-state index contributed by atoms with van der Waals surface area (Å²) < 4.78 is 24.4. The van der Waals surface area contributed by atoms with Gasteiger partial charge in [-0.15, -0.1) is 0 Å². The van der Waals surface area contributed by atoms with Crippen molar-refractivity contribution in [2.24, 2.45) is 0 Å². The molecule has 0 aromatic carbocycles. The molecule has 7 heteroatoms. The molecular formula is C9H10F2N2O2S. The lowest BCUT2D eigenvalue weighted by Gasteiger charge is -2.14. The fourth-order valence-electron chi connectivity index (χ4n) is 0.984. The van der Waals surface area contributed by atoms with Gasteiger partial charge >= 0.3 is 0 Å². The van der Waals surface area contributed by atoms with Crippen molar-refractivity contribution < 1.29 is 18.4 Å².